The monoisotopic (exact) mass is 532 g/mol. The van der Waals surface area contributed by atoms with E-state index in [1.807, 2.05) is 5.09 Å². The smallest absolute Gasteiger partial charge is 0.437 e. The Morgan fingerprint density at radius 3 is 2.60 bits per heavy atom. The molecule has 3 N–H and O–H groups in total. The number of β-lactam (4-membered cyclic amide) rings is 1. The first-order valence-electron chi connectivity index (χ1n) is 9.68. The number of carbonyl (C=O) groups is 4. The highest BCUT2D eigenvalue weighted by atomic mass is 32.2. The molecule has 0 saturated carbocycles. The van der Waals surface area contributed by atoms with E-state index in [2.05, 4.69) is 24.4 Å². The molecular weight excluding hydrogens is 511 g/mol. The number of hydrogen-bond donors (Lipinski definition) is 3. The molecule has 3 rings (SSSR count). The molecule has 3 heterocycles. The van der Waals surface area contributed by atoms with E-state index in [4.69, 9.17) is 9.15 Å². The Labute approximate surface area is 202 Å². The second kappa shape index (κ2) is 10.9. The number of nitrogens with one attached hydrogen (secondary N) is 2. The highest BCUT2D eigenvalue weighted by Crippen LogP contribution is 2.42. The van der Waals surface area contributed by atoms with Gasteiger partial charge in [0.15, 0.2) is 5.76 Å². The van der Waals surface area contributed by atoms with Gasteiger partial charge in [0.05, 0.1) is 6.26 Å². The maximum Gasteiger partial charge on any atom is 0.437 e. The lowest BCUT2D eigenvalue weighted by Gasteiger charge is -2.49. The van der Waals surface area contributed by atoms with Crippen LogP contribution in [0.5, 0.6) is 0 Å². The molecule has 1 aromatic rings. The lowest BCUT2D eigenvalue weighted by molar-refractivity contribution is -0.150. The van der Waals surface area contributed by atoms with Gasteiger partial charge in [-0.3, -0.25) is 23.5 Å². The van der Waals surface area contributed by atoms with Crippen molar-refractivity contribution in [1.82, 2.24) is 15.3 Å². The summed E-state index contributed by atoms with van der Waals surface area (Å²) in [5, 5.41) is 17.0. The maximum absolute atomic E-state index is 12.8. The molecule has 0 aliphatic carbocycles. The van der Waals surface area contributed by atoms with E-state index >= 15 is 0 Å². The molecule has 0 radical (unpaired) electrons. The van der Waals surface area contributed by atoms with Gasteiger partial charge in [-0.15, -0.1) is 11.8 Å². The van der Waals surface area contributed by atoms with Crippen molar-refractivity contribution in [3.63, 3.8) is 0 Å². The van der Waals surface area contributed by atoms with Crippen LogP contribution in [-0.4, -0.2) is 84.7 Å². The van der Waals surface area contributed by atoms with Crippen LogP contribution < -0.4 is 10.4 Å². The molecule has 1 aromatic heterocycles. The normalized spacial score (nSPS) is 20.0. The first kappa shape index (κ1) is 26.3. The summed E-state index contributed by atoms with van der Waals surface area (Å²) in [5.41, 5.74) is -0.465. The van der Waals surface area contributed by atoms with E-state index in [-0.39, 0.29) is 28.5 Å². The minimum atomic E-state index is -3.91. The van der Waals surface area contributed by atoms with Crippen LogP contribution in [0.15, 0.2) is 39.2 Å². The van der Waals surface area contributed by atoms with Crippen molar-refractivity contribution in [2.24, 2.45) is 5.16 Å². The molecule has 15 nitrogen and oxygen atoms in total. The number of carbonyl (C=O) groups excluding carboxylic acids is 3. The topological polar surface area (TPSA) is 195 Å². The van der Waals surface area contributed by atoms with Crippen LogP contribution in [-0.2, 0) is 37.6 Å². The fraction of sp³-hybridized carbons (Fsp3) is 0.389. The first-order valence-corrected chi connectivity index (χ1v) is 12.3. The number of rotatable bonds is 10. The number of carboxylic acid groups (broad SMARTS) is 1. The average molecular weight is 532 g/mol. The van der Waals surface area contributed by atoms with Gasteiger partial charge in [0.2, 0.25) is 5.71 Å². The van der Waals surface area contributed by atoms with Gasteiger partial charge in [-0.2, -0.15) is 0 Å². The van der Waals surface area contributed by atoms with Gasteiger partial charge in [-0.25, -0.2) is 19.2 Å². The summed E-state index contributed by atoms with van der Waals surface area (Å²) in [5.74, 6) is -2.69. The van der Waals surface area contributed by atoms with E-state index in [0.29, 0.717) is 0 Å². The van der Waals surface area contributed by atoms with Crippen LogP contribution in [0.25, 0.3) is 0 Å². The number of carboxylic acids is 1. The predicted octanol–water partition coefficient (Wildman–Crippen LogP) is 0.496. The largest absolute Gasteiger partial charge is 0.477 e. The number of ether oxygens (including phenoxy) is 1. The number of aliphatic carboxylic acids is 1. The lowest BCUT2D eigenvalue weighted by atomic mass is 10.0. The Balaban J connectivity index is 1.70. The number of nitrogens with zero attached hydrogens (tertiary/aromatic N) is 2. The van der Waals surface area contributed by atoms with Crippen molar-refractivity contribution in [2.45, 2.75) is 11.4 Å². The second-order valence-electron chi connectivity index (χ2n) is 6.77. The Morgan fingerprint density at radius 1 is 1.31 bits per heavy atom. The van der Waals surface area contributed by atoms with Gasteiger partial charge >= 0.3 is 19.8 Å². The maximum atomic E-state index is 12.8. The third kappa shape index (κ3) is 5.51. The summed E-state index contributed by atoms with van der Waals surface area (Å²) < 4.78 is 31.2. The van der Waals surface area contributed by atoms with Crippen molar-refractivity contribution in [3.05, 3.63) is 35.4 Å². The van der Waals surface area contributed by atoms with Gasteiger partial charge in [0.1, 0.15) is 30.8 Å². The minimum absolute atomic E-state index is 0.0686. The molecule has 0 aromatic carbocycles. The van der Waals surface area contributed by atoms with E-state index in [1.54, 1.807) is 0 Å². The van der Waals surface area contributed by atoms with Gasteiger partial charge in [-0.1, -0.05) is 5.16 Å². The molecule has 3 amide bonds. The van der Waals surface area contributed by atoms with E-state index in [9.17, 15) is 28.8 Å². The zero-order chi connectivity index (χ0) is 25.8. The summed E-state index contributed by atoms with van der Waals surface area (Å²) in [7, 11) is -0.566. The van der Waals surface area contributed by atoms with Gasteiger partial charge < -0.3 is 24.4 Å². The van der Waals surface area contributed by atoms with Crippen molar-refractivity contribution in [2.75, 3.05) is 33.7 Å². The van der Waals surface area contributed by atoms with Crippen LogP contribution in [0.4, 0.5) is 4.79 Å². The quantitative estimate of drug-likeness (QED) is 0.164. The summed E-state index contributed by atoms with van der Waals surface area (Å²) in [6, 6.07) is 1.98. The fourth-order valence-electron chi connectivity index (χ4n) is 3.17. The highest BCUT2D eigenvalue weighted by Gasteiger charge is 2.54. The summed E-state index contributed by atoms with van der Waals surface area (Å²) >= 11 is 1.15. The molecule has 1 saturated heterocycles. The molecule has 35 heavy (non-hydrogen) atoms. The van der Waals surface area contributed by atoms with Gasteiger partial charge in [-0.05, 0) is 12.1 Å². The summed E-state index contributed by atoms with van der Waals surface area (Å²) in [6.45, 7) is -0.509. The zero-order valence-corrected chi connectivity index (χ0v) is 20.3. The van der Waals surface area contributed by atoms with Crippen LogP contribution in [0, 0.1) is 0 Å². The van der Waals surface area contributed by atoms with Crippen molar-refractivity contribution >= 4 is 49.1 Å². The summed E-state index contributed by atoms with van der Waals surface area (Å²) in [6.07, 6.45) is 0.155. The van der Waals surface area contributed by atoms with Crippen molar-refractivity contribution in [1.29, 1.82) is 0 Å². The molecule has 17 heteroatoms. The van der Waals surface area contributed by atoms with E-state index < -0.39 is 49.6 Å². The highest BCUT2D eigenvalue weighted by molar-refractivity contribution is 8.00. The fourth-order valence-corrected chi connectivity index (χ4v) is 5.12. The van der Waals surface area contributed by atoms with Crippen LogP contribution in [0.3, 0.4) is 0 Å². The summed E-state index contributed by atoms with van der Waals surface area (Å²) in [4.78, 5) is 54.9. The molecule has 2 aliphatic heterocycles. The van der Waals surface area contributed by atoms with Crippen molar-refractivity contribution in [3.8, 4) is 0 Å². The SMILES string of the molecule is CO/N=C(/C(=O)N[C@@H]1C(=O)N2C(C(=O)O)=C(COC(=O)NP(=O)(OC)OC)CS[C@H]12)c1ccco1. The molecule has 0 bridgehead atoms. The molecule has 0 spiro atoms. The molecule has 2 atom stereocenters. The number of furan rings is 1. The van der Waals surface area contributed by atoms with Crippen LogP contribution >= 0.6 is 19.5 Å². The Kier molecular flexibility index (Phi) is 8.22. The Hall–Kier alpha value is -3.33. The second-order valence-corrected chi connectivity index (χ2v) is 9.82. The molecule has 1 fully saturated rings. The third-order valence-electron chi connectivity index (χ3n) is 4.78. The van der Waals surface area contributed by atoms with E-state index in [1.165, 1.54) is 25.5 Å². The number of thioether (sulfide) groups is 1. The van der Waals surface area contributed by atoms with Crippen molar-refractivity contribution < 1.29 is 51.9 Å². The molecular formula is C18H21N4O11PS. The average Bonchev–Trinajstić information content (AvgIpc) is 3.38. The lowest BCUT2D eigenvalue weighted by Crippen LogP contribution is -2.71. The minimum Gasteiger partial charge on any atom is -0.477 e. The van der Waals surface area contributed by atoms with Gasteiger partial charge in [0, 0.05) is 25.5 Å². The number of fused-ring (bicyclic) bond motifs is 1. The molecule has 2 aliphatic rings. The predicted molar refractivity (Wildman–Crippen MR) is 118 cm³/mol. The molecule has 190 valence electrons. The van der Waals surface area contributed by atoms with Crippen LogP contribution in [0.2, 0.25) is 0 Å². The van der Waals surface area contributed by atoms with E-state index in [0.717, 1.165) is 30.9 Å². The number of oxime groups is 1. The van der Waals surface area contributed by atoms with Gasteiger partial charge in [0.25, 0.3) is 11.8 Å². The molecule has 0 unspecified atom stereocenters. The Bertz CT molecular complexity index is 1110. The zero-order valence-electron chi connectivity index (χ0n) is 18.6. The standard InChI is InChI=1S/C18H21N4O11PS/c1-29-20-11(10-5-4-6-32-10)14(23)19-12-15(24)22-13(17(25)26)9(8-35-16(12)22)7-33-18(27)21-34(28,30-2)31-3/h4-6,12,16H,7-8H2,1-3H3,(H,19,23)(H,25,26)(H,21,27,28)/b20-11+/t12-,16-/m1/s1. The Morgan fingerprint density at radius 2 is 2.03 bits per heavy atom. The number of hydrogen-bond acceptors (Lipinski definition) is 12. The van der Waals surface area contributed by atoms with Crippen LogP contribution in [0.1, 0.15) is 5.76 Å². The third-order valence-corrected chi connectivity index (χ3v) is 7.53. The first-order chi connectivity index (χ1) is 16.7. The number of amides is 3.